The number of aromatic nitrogens is 2. The fourth-order valence-electron chi connectivity index (χ4n) is 3.80. The van der Waals surface area contributed by atoms with E-state index in [2.05, 4.69) is 76.8 Å². The molecule has 134 valence electrons. The number of nitrogens with zero attached hydrogens (tertiary/aromatic N) is 3. The highest BCUT2D eigenvalue weighted by molar-refractivity contribution is 5.40. The molecule has 1 aliphatic heterocycles. The minimum Gasteiger partial charge on any atom is -0.309 e. The standard InChI is InChI=1S/C22H26N4/c1-18(19-8-3-2-4-9-19)25-15-12-21(17-25)23-16-20-10-5-6-11-22(20)26-14-7-13-24-26/h2-11,13-14,18,21,23H,12,15-17H2,1H3/t18-,21+/m1/s1. The summed E-state index contributed by atoms with van der Waals surface area (Å²) in [6.07, 6.45) is 5.02. The molecule has 1 aliphatic rings. The maximum atomic E-state index is 4.38. The topological polar surface area (TPSA) is 33.1 Å². The predicted octanol–water partition coefficient (Wildman–Crippen LogP) is 3.80. The Bertz CT molecular complexity index is 813. The minimum absolute atomic E-state index is 0.472. The van der Waals surface area contributed by atoms with Crippen LogP contribution >= 0.6 is 0 Å². The summed E-state index contributed by atoms with van der Waals surface area (Å²) in [5.74, 6) is 0. The number of rotatable bonds is 6. The lowest BCUT2D eigenvalue weighted by Crippen LogP contribution is -2.33. The van der Waals surface area contributed by atoms with E-state index in [4.69, 9.17) is 0 Å². The van der Waals surface area contributed by atoms with Gasteiger partial charge >= 0.3 is 0 Å². The molecule has 0 aliphatic carbocycles. The lowest BCUT2D eigenvalue weighted by molar-refractivity contribution is 0.255. The second-order valence-electron chi connectivity index (χ2n) is 7.03. The van der Waals surface area contributed by atoms with Crippen molar-refractivity contribution in [2.24, 2.45) is 0 Å². The maximum Gasteiger partial charge on any atom is 0.0690 e. The summed E-state index contributed by atoms with van der Waals surface area (Å²) >= 11 is 0. The monoisotopic (exact) mass is 346 g/mol. The Balaban J connectivity index is 1.37. The highest BCUT2D eigenvalue weighted by Crippen LogP contribution is 2.24. The van der Waals surface area contributed by atoms with Gasteiger partial charge in [-0.2, -0.15) is 5.10 Å². The number of hydrogen-bond acceptors (Lipinski definition) is 3. The Hall–Kier alpha value is -2.43. The average molecular weight is 346 g/mol. The molecule has 4 heteroatoms. The fraction of sp³-hybridized carbons (Fsp3) is 0.318. The van der Waals surface area contributed by atoms with Gasteiger partial charge in [0.15, 0.2) is 0 Å². The number of para-hydroxylation sites is 1. The zero-order chi connectivity index (χ0) is 17.8. The van der Waals surface area contributed by atoms with Crippen LogP contribution in [0.5, 0.6) is 0 Å². The van der Waals surface area contributed by atoms with Gasteiger partial charge in [-0.3, -0.25) is 4.90 Å². The molecule has 0 amide bonds. The summed E-state index contributed by atoms with van der Waals surface area (Å²) in [6, 6.07) is 22.2. The van der Waals surface area contributed by atoms with E-state index in [0.717, 1.165) is 25.3 Å². The van der Waals surface area contributed by atoms with E-state index in [0.29, 0.717) is 12.1 Å². The van der Waals surface area contributed by atoms with Crippen LogP contribution < -0.4 is 5.32 Å². The lowest BCUT2D eigenvalue weighted by Gasteiger charge is -2.25. The molecule has 0 bridgehead atoms. The molecule has 4 rings (SSSR count). The molecule has 1 fully saturated rings. The molecule has 4 nitrogen and oxygen atoms in total. The highest BCUT2D eigenvalue weighted by atomic mass is 15.3. The van der Waals surface area contributed by atoms with Crippen molar-refractivity contribution >= 4 is 0 Å². The second kappa shape index (κ2) is 7.85. The maximum absolute atomic E-state index is 4.38. The highest BCUT2D eigenvalue weighted by Gasteiger charge is 2.26. The number of hydrogen-bond donors (Lipinski definition) is 1. The van der Waals surface area contributed by atoms with Gasteiger partial charge in [0.1, 0.15) is 0 Å². The van der Waals surface area contributed by atoms with Crippen molar-refractivity contribution in [2.75, 3.05) is 13.1 Å². The van der Waals surface area contributed by atoms with Crippen LogP contribution in [0.1, 0.15) is 30.5 Å². The summed E-state index contributed by atoms with van der Waals surface area (Å²) in [7, 11) is 0. The Morgan fingerprint density at radius 2 is 1.88 bits per heavy atom. The predicted molar refractivity (Wildman–Crippen MR) is 105 cm³/mol. The van der Waals surface area contributed by atoms with E-state index < -0.39 is 0 Å². The van der Waals surface area contributed by atoms with Crippen molar-refractivity contribution in [1.29, 1.82) is 0 Å². The minimum atomic E-state index is 0.472. The first-order valence-electron chi connectivity index (χ1n) is 9.41. The van der Waals surface area contributed by atoms with E-state index in [1.807, 2.05) is 23.1 Å². The van der Waals surface area contributed by atoms with E-state index in [1.165, 1.54) is 17.5 Å². The van der Waals surface area contributed by atoms with Crippen LogP contribution in [0.4, 0.5) is 0 Å². The van der Waals surface area contributed by atoms with Crippen molar-refractivity contribution in [3.05, 3.63) is 84.2 Å². The summed E-state index contributed by atoms with van der Waals surface area (Å²) in [6.45, 7) is 5.42. The van der Waals surface area contributed by atoms with E-state index >= 15 is 0 Å². The molecule has 2 aromatic carbocycles. The molecule has 0 unspecified atom stereocenters. The van der Waals surface area contributed by atoms with Crippen molar-refractivity contribution < 1.29 is 0 Å². The Morgan fingerprint density at radius 3 is 2.69 bits per heavy atom. The van der Waals surface area contributed by atoms with Gasteiger partial charge in [-0.1, -0.05) is 48.5 Å². The molecule has 1 saturated heterocycles. The van der Waals surface area contributed by atoms with Crippen LogP contribution in [0.3, 0.4) is 0 Å². The number of nitrogens with one attached hydrogen (secondary N) is 1. The van der Waals surface area contributed by atoms with Crippen LogP contribution in [-0.2, 0) is 6.54 Å². The summed E-state index contributed by atoms with van der Waals surface area (Å²) in [4.78, 5) is 2.58. The van der Waals surface area contributed by atoms with Gasteiger partial charge in [0.05, 0.1) is 5.69 Å². The van der Waals surface area contributed by atoms with Gasteiger partial charge in [0.2, 0.25) is 0 Å². The zero-order valence-electron chi connectivity index (χ0n) is 15.3. The normalized spacial score (nSPS) is 18.9. The van der Waals surface area contributed by atoms with Crippen molar-refractivity contribution in [1.82, 2.24) is 20.0 Å². The first kappa shape index (κ1) is 17.0. The Labute approximate surface area is 155 Å². The molecule has 1 aromatic heterocycles. The lowest BCUT2D eigenvalue weighted by atomic mass is 10.1. The molecule has 0 spiro atoms. The summed E-state index contributed by atoms with van der Waals surface area (Å²) in [5.41, 5.74) is 3.83. The zero-order valence-corrected chi connectivity index (χ0v) is 15.3. The van der Waals surface area contributed by atoms with Crippen molar-refractivity contribution in [2.45, 2.75) is 32.0 Å². The van der Waals surface area contributed by atoms with E-state index in [-0.39, 0.29) is 0 Å². The van der Waals surface area contributed by atoms with Crippen LogP contribution in [-0.4, -0.2) is 33.8 Å². The van der Waals surface area contributed by atoms with Gasteiger partial charge in [0, 0.05) is 44.1 Å². The van der Waals surface area contributed by atoms with Gasteiger partial charge in [0.25, 0.3) is 0 Å². The quantitative estimate of drug-likeness (QED) is 0.737. The third-order valence-corrected chi connectivity index (χ3v) is 5.37. The van der Waals surface area contributed by atoms with Crippen molar-refractivity contribution in [3.63, 3.8) is 0 Å². The van der Waals surface area contributed by atoms with Crippen molar-refractivity contribution in [3.8, 4) is 5.69 Å². The molecule has 0 saturated carbocycles. The van der Waals surface area contributed by atoms with Crippen LogP contribution in [0, 0.1) is 0 Å². The summed E-state index contributed by atoms with van der Waals surface area (Å²) < 4.78 is 1.94. The van der Waals surface area contributed by atoms with Crippen LogP contribution in [0.15, 0.2) is 73.1 Å². The third-order valence-electron chi connectivity index (χ3n) is 5.37. The molecule has 2 heterocycles. The smallest absolute Gasteiger partial charge is 0.0690 e. The Morgan fingerprint density at radius 1 is 1.08 bits per heavy atom. The van der Waals surface area contributed by atoms with Crippen LogP contribution in [0.25, 0.3) is 5.69 Å². The average Bonchev–Trinajstić information content (AvgIpc) is 3.39. The van der Waals surface area contributed by atoms with Gasteiger partial charge in [-0.15, -0.1) is 0 Å². The van der Waals surface area contributed by atoms with Gasteiger partial charge in [-0.25, -0.2) is 4.68 Å². The van der Waals surface area contributed by atoms with Gasteiger partial charge < -0.3 is 5.32 Å². The van der Waals surface area contributed by atoms with E-state index in [1.54, 1.807) is 0 Å². The SMILES string of the molecule is C[C@H](c1ccccc1)N1CC[C@H](NCc2ccccc2-n2cccn2)C1. The largest absolute Gasteiger partial charge is 0.309 e. The Kier molecular flexibility index (Phi) is 5.14. The second-order valence-corrected chi connectivity index (χ2v) is 7.03. The van der Waals surface area contributed by atoms with Gasteiger partial charge in [-0.05, 0) is 36.6 Å². The van der Waals surface area contributed by atoms with Crippen LogP contribution in [0.2, 0.25) is 0 Å². The molecular weight excluding hydrogens is 320 g/mol. The van der Waals surface area contributed by atoms with E-state index in [9.17, 15) is 0 Å². The molecule has 26 heavy (non-hydrogen) atoms. The summed E-state index contributed by atoms with van der Waals surface area (Å²) in [5, 5.41) is 8.13. The first-order valence-corrected chi connectivity index (χ1v) is 9.41. The molecule has 3 aromatic rings. The number of likely N-dealkylation sites (tertiary alicyclic amines) is 1. The molecular formula is C22H26N4. The third kappa shape index (κ3) is 3.71. The fourth-order valence-corrected chi connectivity index (χ4v) is 3.80. The molecule has 0 radical (unpaired) electrons. The molecule has 1 N–H and O–H groups in total. The first-order chi connectivity index (χ1) is 12.8. The number of benzene rings is 2. The molecule has 2 atom stereocenters.